The minimum absolute atomic E-state index is 0.0369. The average Bonchev–Trinajstić information content (AvgIpc) is 3.00. The molecule has 2 heterocycles. The van der Waals surface area contributed by atoms with Gasteiger partial charge in [-0.3, -0.25) is 9.59 Å². The maximum absolute atomic E-state index is 12.5. The highest BCUT2D eigenvalue weighted by Gasteiger charge is 2.18. The summed E-state index contributed by atoms with van der Waals surface area (Å²) in [6, 6.07) is 14.4. The van der Waals surface area contributed by atoms with E-state index in [1.807, 2.05) is 24.3 Å². The molecule has 2 amide bonds. The number of methoxy groups -OCH3 is 1. The van der Waals surface area contributed by atoms with Gasteiger partial charge in [0.1, 0.15) is 11.4 Å². The van der Waals surface area contributed by atoms with Crippen molar-refractivity contribution in [1.82, 2.24) is 4.98 Å². The van der Waals surface area contributed by atoms with Gasteiger partial charge < -0.3 is 15.4 Å². The maximum Gasteiger partial charge on any atom is 0.274 e. The first-order valence-electron chi connectivity index (χ1n) is 7.81. The van der Waals surface area contributed by atoms with Crippen molar-refractivity contribution in [2.75, 3.05) is 17.7 Å². The highest BCUT2D eigenvalue weighted by molar-refractivity contribution is 6.05. The van der Waals surface area contributed by atoms with Crippen LogP contribution in [0.2, 0.25) is 0 Å². The van der Waals surface area contributed by atoms with Crippen LogP contribution in [0.5, 0.6) is 5.75 Å². The number of carbonyl (C=O) groups excluding carboxylic acids is 2. The number of pyridine rings is 1. The number of benzene rings is 2. The lowest BCUT2D eigenvalue weighted by molar-refractivity contribution is -0.115. The molecule has 6 nitrogen and oxygen atoms in total. The molecule has 2 aromatic carbocycles. The summed E-state index contributed by atoms with van der Waals surface area (Å²) in [7, 11) is 1.61. The highest BCUT2D eigenvalue weighted by Crippen LogP contribution is 2.26. The van der Waals surface area contributed by atoms with Crippen molar-refractivity contribution in [3.63, 3.8) is 0 Å². The first-order chi connectivity index (χ1) is 12.1. The van der Waals surface area contributed by atoms with E-state index in [-0.39, 0.29) is 11.8 Å². The molecule has 0 atom stereocenters. The van der Waals surface area contributed by atoms with Crippen molar-refractivity contribution in [2.24, 2.45) is 0 Å². The predicted molar refractivity (Wildman–Crippen MR) is 95.0 cm³/mol. The van der Waals surface area contributed by atoms with Gasteiger partial charge in [0, 0.05) is 16.8 Å². The normalized spacial score (nSPS) is 12.6. The number of fused-ring (bicyclic) bond motifs is 2. The molecule has 124 valence electrons. The monoisotopic (exact) mass is 333 g/mol. The molecule has 0 aliphatic carbocycles. The third-order valence-corrected chi connectivity index (χ3v) is 4.12. The Bertz CT molecular complexity index is 1010. The number of hydrogen-bond donors (Lipinski definition) is 2. The zero-order chi connectivity index (χ0) is 17.4. The molecule has 0 saturated heterocycles. The molecule has 0 saturated carbocycles. The molecule has 6 heteroatoms. The standard InChI is InChI=1S/C19H15N3O3/c1-25-14-4-7-15-11(9-14)2-5-17(21-15)19(24)20-13-3-6-16-12(8-13)10-18(23)22-16/h2-9H,10H2,1H3,(H,20,24)(H,22,23). The Morgan fingerprint density at radius 2 is 2.04 bits per heavy atom. The summed E-state index contributed by atoms with van der Waals surface area (Å²) in [6.07, 6.45) is 0.328. The van der Waals surface area contributed by atoms with Crippen LogP contribution in [0.4, 0.5) is 11.4 Å². The molecule has 2 N–H and O–H groups in total. The molecule has 0 unspecified atom stereocenters. The SMILES string of the molecule is COc1ccc2nc(C(=O)Nc3ccc4c(c3)CC(=O)N4)ccc2c1. The second-order valence-corrected chi connectivity index (χ2v) is 5.81. The number of nitrogens with zero attached hydrogens (tertiary/aromatic N) is 1. The molecule has 25 heavy (non-hydrogen) atoms. The zero-order valence-corrected chi connectivity index (χ0v) is 13.5. The van der Waals surface area contributed by atoms with Gasteiger partial charge in [-0.2, -0.15) is 0 Å². The van der Waals surface area contributed by atoms with Gasteiger partial charge in [0.25, 0.3) is 5.91 Å². The summed E-state index contributed by atoms with van der Waals surface area (Å²) in [5, 5.41) is 6.49. The predicted octanol–water partition coefficient (Wildman–Crippen LogP) is 2.99. The summed E-state index contributed by atoms with van der Waals surface area (Å²) in [5.41, 5.74) is 3.35. The van der Waals surface area contributed by atoms with Gasteiger partial charge in [0.2, 0.25) is 5.91 Å². The third kappa shape index (κ3) is 2.89. The summed E-state index contributed by atoms with van der Waals surface area (Å²) in [5.74, 6) is 0.410. The van der Waals surface area contributed by atoms with E-state index >= 15 is 0 Å². The molecule has 0 radical (unpaired) electrons. The lowest BCUT2D eigenvalue weighted by atomic mass is 10.1. The smallest absolute Gasteiger partial charge is 0.274 e. The minimum atomic E-state index is -0.296. The second kappa shape index (κ2) is 5.90. The first-order valence-corrected chi connectivity index (χ1v) is 7.81. The average molecular weight is 333 g/mol. The van der Waals surface area contributed by atoms with Gasteiger partial charge in [-0.25, -0.2) is 4.98 Å². The maximum atomic E-state index is 12.5. The van der Waals surface area contributed by atoms with Crippen molar-refractivity contribution >= 4 is 34.1 Å². The molecule has 4 rings (SSSR count). The Balaban J connectivity index is 1.58. The van der Waals surface area contributed by atoms with Crippen molar-refractivity contribution in [2.45, 2.75) is 6.42 Å². The van der Waals surface area contributed by atoms with Crippen LogP contribution in [-0.2, 0) is 11.2 Å². The minimum Gasteiger partial charge on any atom is -0.497 e. The molecule has 1 aliphatic heterocycles. The van der Waals surface area contributed by atoms with Crippen molar-refractivity contribution in [1.29, 1.82) is 0 Å². The number of carbonyl (C=O) groups is 2. The largest absolute Gasteiger partial charge is 0.497 e. The number of anilines is 2. The number of amides is 2. The Hall–Kier alpha value is -3.41. The highest BCUT2D eigenvalue weighted by atomic mass is 16.5. The van der Waals surface area contributed by atoms with E-state index in [1.54, 1.807) is 31.4 Å². The molecule has 0 bridgehead atoms. The van der Waals surface area contributed by atoms with Crippen LogP contribution in [0.15, 0.2) is 48.5 Å². The van der Waals surface area contributed by atoms with Crippen LogP contribution < -0.4 is 15.4 Å². The fourth-order valence-electron chi connectivity index (χ4n) is 2.86. The van der Waals surface area contributed by atoms with Crippen molar-refractivity contribution < 1.29 is 14.3 Å². The zero-order valence-electron chi connectivity index (χ0n) is 13.5. The van der Waals surface area contributed by atoms with E-state index < -0.39 is 0 Å². The van der Waals surface area contributed by atoms with Gasteiger partial charge in [-0.1, -0.05) is 6.07 Å². The van der Waals surface area contributed by atoms with E-state index in [1.165, 1.54) is 0 Å². The lowest BCUT2D eigenvalue weighted by Gasteiger charge is -2.08. The fourth-order valence-corrected chi connectivity index (χ4v) is 2.86. The van der Waals surface area contributed by atoms with Crippen LogP contribution in [0.3, 0.4) is 0 Å². The van der Waals surface area contributed by atoms with Crippen LogP contribution >= 0.6 is 0 Å². The Kier molecular flexibility index (Phi) is 3.57. The second-order valence-electron chi connectivity index (χ2n) is 5.81. The van der Waals surface area contributed by atoms with Crippen LogP contribution in [0.25, 0.3) is 10.9 Å². The number of nitrogens with one attached hydrogen (secondary N) is 2. The summed E-state index contributed by atoms with van der Waals surface area (Å²) in [6.45, 7) is 0. The number of ether oxygens (including phenoxy) is 1. The number of aromatic nitrogens is 1. The van der Waals surface area contributed by atoms with Crippen molar-refractivity contribution in [3.05, 3.63) is 59.8 Å². The third-order valence-electron chi connectivity index (χ3n) is 4.12. The van der Waals surface area contributed by atoms with Crippen LogP contribution in [-0.4, -0.2) is 23.9 Å². The quantitative estimate of drug-likeness (QED) is 0.772. The molecular weight excluding hydrogens is 318 g/mol. The van der Waals surface area contributed by atoms with Gasteiger partial charge in [-0.05, 0) is 48.0 Å². The molecule has 3 aromatic rings. The van der Waals surface area contributed by atoms with Crippen molar-refractivity contribution in [3.8, 4) is 5.75 Å². The molecule has 0 fully saturated rings. The van der Waals surface area contributed by atoms with Gasteiger partial charge in [0.15, 0.2) is 0 Å². The summed E-state index contributed by atoms with van der Waals surface area (Å²) < 4.78 is 5.19. The van der Waals surface area contributed by atoms with E-state index in [2.05, 4.69) is 15.6 Å². The Morgan fingerprint density at radius 3 is 2.88 bits per heavy atom. The van der Waals surface area contributed by atoms with E-state index in [0.717, 1.165) is 27.9 Å². The van der Waals surface area contributed by atoms with Crippen LogP contribution in [0.1, 0.15) is 16.1 Å². The van der Waals surface area contributed by atoms with E-state index in [4.69, 9.17) is 4.74 Å². The Labute approximate surface area is 143 Å². The van der Waals surface area contributed by atoms with E-state index in [9.17, 15) is 9.59 Å². The van der Waals surface area contributed by atoms with Gasteiger partial charge >= 0.3 is 0 Å². The molecular formula is C19H15N3O3. The topological polar surface area (TPSA) is 80.3 Å². The van der Waals surface area contributed by atoms with Crippen LogP contribution in [0, 0.1) is 0 Å². The van der Waals surface area contributed by atoms with Gasteiger partial charge in [-0.15, -0.1) is 0 Å². The van der Waals surface area contributed by atoms with Gasteiger partial charge in [0.05, 0.1) is 19.0 Å². The number of hydrogen-bond acceptors (Lipinski definition) is 4. The lowest BCUT2D eigenvalue weighted by Crippen LogP contribution is -2.13. The summed E-state index contributed by atoms with van der Waals surface area (Å²) in [4.78, 5) is 28.3. The summed E-state index contributed by atoms with van der Waals surface area (Å²) >= 11 is 0. The number of rotatable bonds is 3. The molecule has 1 aliphatic rings. The molecule has 0 spiro atoms. The fraction of sp³-hybridized carbons (Fsp3) is 0.105. The Morgan fingerprint density at radius 1 is 1.16 bits per heavy atom. The van der Waals surface area contributed by atoms with E-state index in [0.29, 0.717) is 17.8 Å². The first kappa shape index (κ1) is 15.1. The molecule has 1 aromatic heterocycles.